The van der Waals surface area contributed by atoms with E-state index in [1.165, 1.54) is 0 Å². The number of hydrogen-bond acceptors (Lipinski definition) is 4. The largest absolute Gasteiger partial charge is 0.340 e. The number of nitrogens with one attached hydrogen (secondary N) is 1. The third-order valence-corrected chi connectivity index (χ3v) is 7.08. The molecule has 186 valence electrons. The summed E-state index contributed by atoms with van der Waals surface area (Å²) in [6.07, 6.45) is 3.92. The highest BCUT2D eigenvalue weighted by Gasteiger charge is 2.48. The van der Waals surface area contributed by atoms with Crippen molar-refractivity contribution in [1.82, 2.24) is 20.0 Å². The molecule has 34 heavy (non-hydrogen) atoms. The van der Waals surface area contributed by atoms with Crippen LogP contribution in [-0.2, 0) is 9.59 Å². The number of benzene rings is 1. The summed E-state index contributed by atoms with van der Waals surface area (Å²) in [5.74, 6) is 0.0494. The smallest absolute Gasteiger partial charge is 0.254 e. The van der Waals surface area contributed by atoms with Crippen LogP contribution in [0.2, 0.25) is 0 Å². The van der Waals surface area contributed by atoms with E-state index < -0.39 is 6.04 Å². The molecule has 7 heteroatoms. The predicted molar refractivity (Wildman–Crippen MR) is 132 cm³/mol. The van der Waals surface area contributed by atoms with Gasteiger partial charge >= 0.3 is 0 Å². The molecule has 3 fully saturated rings. The van der Waals surface area contributed by atoms with Gasteiger partial charge in [0, 0.05) is 44.2 Å². The highest BCUT2D eigenvalue weighted by Crippen LogP contribution is 2.36. The maximum atomic E-state index is 13.7. The van der Waals surface area contributed by atoms with Crippen molar-refractivity contribution in [2.24, 2.45) is 5.41 Å². The first kappa shape index (κ1) is 24.7. The predicted octanol–water partition coefficient (Wildman–Crippen LogP) is 2.83. The van der Waals surface area contributed by atoms with Gasteiger partial charge in [-0.2, -0.15) is 0 Å². The zero-order valence-electron chi connectivity index (χ0n) is 21.2. The molecule has 7 nitrogen and oxygen atoms in total. The Morgan fingerprint density at radius 3 is 2.38 bits per heavy atom. The van der Waals surface area contributed by atoms with Crippen LogP contribution in [0.15, 0.2) is 24.3 Å². The van der Waals surface area contributed by atoms with Crippen molar-refractivity contribution in [3.05, 3.63) is 35.4 Å². The van der Waals surface area contributed by atoms with Crippen molar-refractivity contribution >= 4 is 17.7 Å². The molecule has 0 spiro atoms. The quantitative estimate of drug-likeness (QED) is 0.721. The van der Waals surface area contributed by atoms with Crippen LogP contribution in [0.3, 0.4) is 0 Å². The van der Waals surface area contributed by atoms with Crippen LogP contribution >= 0.6 is 0 Å². The molecule has 3 aliphatic rings. The molecule has 2 atom stereocenters. The average molecular weight is 469 g/mol. The molecule has 1 aliphatic carbocycles. The monoisotopic (exact) mass is 468 g/mol. The lowest BCUT2D eigenvalue weighted by Gasteiger charge is -2.31. The first-order valence-electron chi connectivity index (χ1n) is 12.8. The van der Waals surface area contributed by atoms with Gasteiger partial charge in [-0.15, -0.1) is 0 Å². The van der Waals surface area contributed by atoms with E-state index in [0.717, 1.165) is 37.9 Å². The van der Waals surface area contributed by atoms with Gasteiger partial charge in [-0.05, 0) is 56.7 Å². The van der Waals surface area contributed by atoms with Crippen molar-refractivity contribution in [3.8, 4) is 0 Å². The van der Waals surface area contributed by atoms with Crippen LogP contribution in [0.4, 0.5) is 0 Å². The summed E-state index contributed by atoms with van der Waals surface area (Å²) >= 11 is 0. The van der Waals surface area contributed by atoms with Gasteiger partial charge in [0.1, 0.15) is 6.04 Å². The molecule has 0 radical (unpaired) electrons. The summed E-state index contributed by atoms with van der Waals surface area (Å²) < 4.78 is 0. The minimum absolute atomic E-state index is 0.0191. The number of nitrogens with zero attached hydrogens (tertiary/aromatic N) is 3. The molecule has 2 unspecified atom stereocenters. The first-order valence-corrected chi connectivity index (χ1v) is 12.8. The van der Waals surface area contributed by atoms with Gasteiger partial charge in [-0.25, -0.2) is 0 Å². The lowest BCUT2D eigenvalue weighted by molar-refractivity contribution is -0.137. The fourth-order valence-electron chi connectivity index (χ4n) is 5.22. The number of aryl methyl sites for hydroxylation is 1. The summed E-state index contributed by atoms with van der Waals surface area (Å²) in [5.41, 5.74) is 1.59. The first-order chi connectivity index (χ1) is 16.1. The normalized spacial score (nSPS) is 23.5. The van der Waals surface area contributed by atoms with E-state index in [1.807, 2.05) is 41.0 Å². The SMILES string of the molecule is Cc1ccc(C(=O)N2CC(N(C(=O)CC(C)(C)C)C3CC3)CC2C(=O)N2CCCNCC2)cc1. The maximum absolute atomic E-state index is 13.7. The van der Waals surface area contributed by atoms with Gasteiger partial charge in [0.05, 0.1) is 6.04 Å². The van der Waals surface area contributed by atoms with Gasteiger partial charge in [0.15, 0.2) is 0 Å². The number of amides is 3. The molecule has 2 heterocycles. The standard InChI is InChI=1S/C27H40N4O3/c1-19-6-8-20(9-7-19)25(33)30-18-22(31(21-10-11-21)24(32)17-27(2,3)4)16-23(30)26(34)29-14-5-12-28-13-15-29/h6-9,21-23,28H,5,10-18H2,1-4H3. The Bertz CT molecular complexity index is 895. The second-order valence-corrected chi connectivity index (χ2v) is 11.4. The van der Waals surface area contributed by atoms with E-state index in [4.69, 9.17) is 0 Å². The summed E-state index contributed by atoms with van der Waals surface area (Å²) in [6.45, 7) is 11.7. The molecule has 0 aromatic heterocycles. The minimum atomic E-state index is -0.527. The topological polar surface area (TPSA) is 73.0 Å². The van der Waals surface area contributed by atoms with Gasteiger partial charge in [-0.1, -0.05) is 38.5 Å². The van der Waals surface area contributed by atoms with E-state index in [9.17, 15) is 14.4 Å². The lowest BCUT2D eigenvalue weighted by Crippen LogP contribution is -2.48. The Hall–Kier alpha value is -2.41. The number of carbonyl (C=O) groups excluding carboxylic acids is 3. The van der Waals surface area contributed by atoms with Crippen LogP contribution in [-0.4, -0.2) is 83.3 Å². The Morgan fingerprint density at radius 1 is 1.03 bits per heavy atom. The number of hydrogen-bond donors (Lipinski definition) is 1. The number of rotatable bonds is 5. The van der Waals surface area contributed by atoms with Crippen molar-refractivity contribution in [1.29, 1.82) is 0 Å². The van der Waals surface area contributed by atoms with Crippen LogP contribution in [0.1, 0.15) is 68.8 Å². The van der Waals surface area contributed by atoms with Crippen LogP contribution in [0.5, 0.6) is 0 Å². The zero-order valence-corrected chi connectivity index (χ0v) is 21.2. The van der Waals surface area contributed by atoms with Gasteiger partial charge in [0.2, 0.25) is 11.8 Å². The Balaban J connectivity index is 1.60. The van der Waals surface area contributed by atoms with E-state index in [0.29, 0.717) is 38.0 Å². The Morgan fingerprint density at radius 2 is 1.74 bits per heavy atom. The molecule has 4 rings (SSSR count). The van der Waals surface area contributed by atoms with E-state index in [2.05, 4.69) is 26.1 Å². The molecule has 2 aliphatic heterocycles. The maximum Gasteiger partial charge on any atom is 0.254 e. The second-order valence-electron chi connectivity index (χ2n) is 11.4. The number of carbonyl (C=O) groups is 3. The molecule has 1 saturated carbocycles. The van der Waals surface area contributed by atoms with Crippen LogP contribution < -0.4 is 5.32 Å². The zero-order chi connectivity index (χ0) is 24.5. The molecule has 1 N–H and O–H groups in total. The Kier molecular flexibility index (Phi) is 7.31. The molecule has 3 amide bonds. The van der Waals surface area contributed by atoms with Crippen LogP contribution in [0, 0.1) is 12.3 Å². The average Bonchev–Trinajstić information content (AvgIpc) is 3.55. The summed E-state index contributed by atoms with van der Waals surface area (Å²) in [7, 11) is 0. The second kappa shape index (κ2) is 10.1. The fourth-order valence-corrected chi connectivity index (χ4v) is 5.22. The molecule has 2 saturated heterocycles. The third kappa shape index (κ3) is 5.80. The summed E-state index contributed by atoms with van der Waals surface area (Å²) in [6, 6.07) is 7.14. The molecule has 1 aromatic rings. The van der Waals surface area contributed by atoms with E-state index in [-0.39, 0.29) is 35.2 Å². The van der Waals surface area contributed by atoms with E-state index in [1.54, 1.807) is 4.90 Å². The minimum Gasteiger partial charge on any atom is -0.340 e. The molecule has 1 aromatic carbocycles. The molecular formula is C27H40N4O3. The van der Waals surface area contributed by atoms with Crippen molar-refractivity contribution in [3.63, 3.8) is 0 Å². The molecular weight excluding hydrogens is 428 g/mol. The Labute approximate surface area is 203 Å². The van der Waals surface area contributed by atoms with Crippen molar-refractivity contribution in [2.75, 3.05) is 32.7 Å². The third-order valence-electron chi connectivity index (χ3n) is 7.08. The van der Waals surface area contributed by atoms with Gasteiger partial charge < -0.3 is 20.0 Å². The van der Waals surface area contributed by atoms with E-state index >= 15 is 0 Å². The van der Waals surface area contributed by atoms with Crippen molar-refractivity contribution < 1.29 is 14.4 Å². The van der Waals surface area contributed by atoms with Gasteiger partial charge in [-0.3, -0.25) is 14.4 Å². The summed E-state index contributed by atoms with van der Waals surface area (Å²) in [4.78, 5) is 46.4. The lowest BCUT2D eigenvalue weighted by atomic mass is 9.91. The van der Waals surface area contributed by atoms with Gasteiger partial charge in [0.25, 0.3) is 5.91 Å². The number of likely N-dealkylation sites (tertiary alicyclic amines) is 1. The van der Waals surface area contributed by atoms with Crippen molar-refractivity contribution in [2.45, 2.75) is 77.9 Å². The highest BCUT2D eigenvalue weighted by atomic mass is 16.2. The fraction of sp³-hybridized carbons (Fsp3) is 0.667. The molecule has 0 bridgehead atoms. The van der Waals surface area contributed by atoms with Crippen LogP contribution in [0.25, 0.3) is 0 Å². The summed E-state index contributed by atoms with van der Waals surface area (Å²) in [5, 5.41) is 3.35. The highest BCUT2D eigenvalue weighted by molar-refractivity contribution is 5.98.